The van der Waals surface area contributed by atoms with E-state index in [0.717, 1.165) is 24.1 Å². The number of thiophene rings is 1. The summed E-state index contributed by atoms with van der Waals surface area (Å²) in [5.74, 6) is -0.370. The maximum atomic E-state index is 13.2. The zero-order valence-corrected chi connectivity index (χ0v) is 19.9. The average Bonchev–Trinajstić information content (AvgIpc) is 3.61. The molecular formula is C25H27N5O3S. The number of amides is 3. The van der Waals surface area contributed by atoms with Crippen LogP contribution < -0.4 is 4.90 Å². The zero-order chi connectivity index (χ0) is 23.7. The van der Waals surface area contributed by atoms with Gasteiger partial charge in [-0.25, -0.2) is 0 Å². The van der Waals surface area contributed by atoms with Gasteiger partial charge in [-0.1, -0.05) is 6.07 Å². The Kier molecular flexibility index (Phi) is 6.19. The predicted molar refractivity (Wildman–Crippen MR) is 130 cm³/mol. The highest BCUT2D eigenvalue weighted by Gasteiger charge is 2.39. The van der Waals surface area contributed by atoms with E-state index in [0.29, 0.717) is 37.3 Å². The predicted octanol–water partition coefficient (Wildman–Crippen LogP) is 3.12. The van der Waals surface area contributed by atoms with Crippen molar-refractivity contribution in [2.24, 2.45) is 5.92 Å². The molecule has 176 valence electrons. The molecule has 0 aliphatic carbocycles. The van der Waals surface area contributed by atoms with Crippen molar-refractivity contribution in [3.8, 4) is 0 Å². The van der Waals surface area contributed by atoms with Crippen LogP contribution in [0.2, 0.25) is 0 Å². The Morgan fingerprint density at radius 2 is 1.94 bits per heavy atom. The number of anilines is 1. The van der Waals surface area contributed by atoms with Gasteiger partial charge in [0.05, 0.1) is 23.4 Å². The maximum Gasteiger partial charge on any atom is 0.263 e. The fraction of sp³-hybridized carbons (Fsp3) is 0.360. The van der Waals surface area contributed by atoms with Gasteiger partial charge in [0.15, 0.2) is 0 Å². The van der Waals surface area contributed by atoms with Crippen LogP contribution in [0.15, 0.2) is 53.5 Å². The molecule has 3 aromatic rings. The largest absolute Gasteiger partial charge is 0.371 e. The average molecular weight is 478 g/mol. The Morgan fingerprint density at radius 3 is 2.65 bits per heavy atom. The number of nitrogens with zero attached hydrogens (tertiary/aromatic N) is 5. The van der Waals surface area contributed by atoms with Crippen molar-refractivity contribution >= 4 is 34.7 Å². The standard InChI is InChI=1S/C25H27N5O3S/c1-27(16-18-8-15-34-17-18)23(31)19-6-11-28(12-7-19)21-5-2-4-20-22(21)25(33)30(24(20)32)14-13-29-10-3-9-26-29/h2-5,8-10,15,17,19H,6-7,11-14,16H2,1H3. The number of imide groups is 1. The minimum atomic E-state index is -0.255. The van der Waals surface area contributed by atoms with Gasteiger partial charge in [-0.15, -0.1) is 0 Å². The van der Waals surface area contributed by atoms with Crippen LogP contribution >= 0.6 is 11.3 Å². The Labute approximate surface area is 202 Å². The second kappa shape index (κ2) is 9.42. The van der Waals surface area contributed by atoms with Crippen molar-refractivity contribution in [2.75, 3.05) is 31.6 Å². The lowest BCUT2D eigenvalue weighted by Gasteiger charge is -2.35. The number of hydrogen-bond donors (Lipinski definition) is 0. The Bertz CT molecular complexity index is 1180. The number of aromatic nitrogens is 2. The third-order valence-electron chi connectivity index (χ3n) is 6.65. The smallest absolute Gasteiger partial charge is 0.263 e. The van der Waals surface area contributed by atoms with Crippen LogP contribution in [0.25, 0.3) is 0 Å². The maximum absolute atomic E-state index is 13.2. The van der Waals surface area contributed by atoms with Crippen LogP contribution in [0, 0.1) is 5.92 Å². The third-order valence-corrected chi connectivity index (χ3v) is 7.38. The molecule has 0 N–H and O–H groups in total. The van der Waals surface area contributed by atoms with E-state index in [-0.39, 0.29) is 30.2 Å². The number of piperidine rings is 1. The van der Waals surface area contributed by atoms with E-state index >= 15 is 0 Å². The summed E-state index contributed by atoms with van der Waals surface area (Å²) in [6.07, 6.45) is 4.94. The van der Waals surface area contributed by atoms with Gasteiger partial charge < -0.3 is 9.80 Å². The first kappa shape index (κ1) is 22.3. The van der Waals surface area contributed by atoms with E-state index in [1.807, 2.05) is 47.8 Å². The van der Waals surface area contributed by atoms with Crippen molar-refractivity contribution in [3.05, 3.63) is 70.2 Å². The van der Waals surface area contributed by atoms with Gasteiger partial charge in [-0.2, -0.15) is 16.4 Å². The summed E-state index contributed by atoms with van der Waals surface area (Å²) in [5, 5.41) is 8.24. The molecule has 2 aromatic heterocycles. The highest BCUT2D eigenvalue weighted by atomic mass is 32.1. The van der Waals surface area contributed by atoms with Crippen molar-refractivity contribution in [2.45, 2.75) is 25.9 Å². The van der Waals surface area contributed by atoms with E-state index in [2.05, 4.69) is 15.4 Å². The first-order valence-corrected chi connectivity index (χ1v) is 12.4. The molecule has 0 atom stereocenters. The fourth-order valence-corrected chi connectivity index (χ4v) is 5.49. The summed E-state index contributed by atoms with van der Waals surface area (Å²) in [6, 6.07) is 9.33. The molecule has 0 unspecified atom stereocenters. The van der Waals surface area contributed by atoms with Crippen LogP contribution in [0.1, 0.15) is 39.1 Å². The molecule has 34 heavy (non-hydrogen) atoms. The van der Waals surface area contributed by atoms with E-state index in [1.165, 1.54) is 4.90 Å². The molecule has 5 rings (SSSR count). The Morgan fingerprint density at radius 1 is 1.12 bits per heavy atom. The van der Waals surface area contributed by atoms with Crippen LogP contribution in [0.3, 0.4) is 0 Å². The van der Waals surface area contributed by atoms with Gasteiger partial charge in [0, 0.05) is 51.5 Å². The van der Waals surface area contributed by atoms with Crippen LogP contribution in [-0.2, 0) is 17.9 Å². The topological polar surface area (TPSA) is 78.8 Å². The van der Waals surface area contributed by atoms with E-state index in [4.69, 9.17) is 0 Å². The number of fused-ring (bicyclic) bond motifs is 1. The number of carbonyl (C=O) groups excluding carboxylic acids is 3. The minimum absolute atomic E-state index is 0.0282. The molecule has 1 fully saturated rings. The van der Waals surface area contributed by atoms with E-state index in [1.54, 1.807) is 28.3 Å². The first-order valence-electron chi connectivity index (χ1n) is 11.5. The molecule has 3 amide bonds. The van der Waals surface area contributed by atoms with Crippen LogP contribution in [0.5, 0.6) is 0 Å². The highest BCUT2D eigenvalue weighted by Crippen LogP contribution is 2.34. The molecule has 0 radical (unpaired) electrons. The van der Waals surface area contributed by atoms with E-state index < -0.39 is 0 Å². The van der Waals surface area contributed by atoms with Gasteiger partial charge in [0.2, 0.25) is 5.91 Å². The van der Waals surface area contributed by atoms with Crippen molar-refractivity contribution in [1.82, 2.24) is 19.6 Å². The summed E-state index contributed by atoms with van der Waals surface area (Å²) in [7, 11) is 1.86. The van der Waals surface area contributed by atoms with Gasteiger partial charge in [0.25, 0.3) is 11.8 Å². The molecule has 2 aliphatic rings. The summed E-state index contributed by atoms with van der Waals surface area (Å²) in [6.45, 7) is 2.71. The lowest BCUT2D eigenvalue weighted by Crippen LogP contribution is -2.41. The lowest BCUT2D eigenvalue weighted by molar-refractivity contribution is -0.135. The molecule has 0 spiro atoms. The number of hydrogen-bond acceptors (Lipinski definition) is 6. The van der Waals surface area contributed by atoms with Crippen molar-refractivity contribution < 1.29 is 14.4 Å². The molecule has 2 aliphatic heterocycles. The normalized spacial score (nSPS) is 16.3. The molecule has 4 heterocycles. The lowest BCUT2D eigenvalue weighted by atomic mass is 9.94. The summed E-state index contributed by atoms with van der Waals surface area (Å²) in [4.78, 5) is 44.4. The van der Waals surface area contributed by atoms with Gasteiger partial charge in [0.1, 0.15) is 0 Å². The van der Waals surface area contributed by atoms with Crippen molar-refractivity contribution in [1.29, 1.82) is 0 Å². The quantitative estimate of drug-likeness (QED) is 0.489. The number of benzene rings is 1. The Balaban J connectivity index is 1.25. The van der Waals surface area contributed by atoms with Crippen LogP contribution in [0.4, 0.5) is 5.69 Å². The van der Waals surface area contributed by atoms with Gasteiger partial charge >= 0.3 is 0 Å². The summed E-state index contributed by atoms with van der Waals surface area (Å²) >= 11 is 1.64. The number of carbonyl (C=O) groups is 3. The molecule has 1 saturated heterocycles. The monoisotopic (exact) mass is 477 g/mol. The zero-order valence-electron chi connectivity index (χ0n) is 19.1. The van der Waals surface area contributed by atoms with Crippen molar-refractivity contribution in [3.63, 3.8) is 0 Å². The van der Waals surface area contributed by atoms with E-state index in [9.17, 15) is 14.4 Å². The molecule has 9 heteroatoms. The van der Waals surface area contributed by atoms with Gasteiger partial charge in [-0.05, 0) is 53.4 Å². The Hall–Kier alpha value is -3.46. The molecular weight excluding hydrogens is 450 g/mol. The minimum Gasteiger partial charge on any atom is -0.371 e. The summed E-state index contributed by atoms with van der Waals surface area (Å²) < 4.78 is 1.71. The first-order chi connectivity index (χ1) is 16.5. The molecule has 0 saturated carbocycles. The highest BCUT2D eigenvalue weighted by molar-refractivity contribution is 7.07. The molecule has 1 aromatic carbocycles. The second-order valence-electron chi connectivity index (χ2n) is 8.82. The molecule has 8 nitrogen and oxygen atoms in total. The fourth-order valence-electron chi connectivity index (χ4n) is 4.83. The second-order valence-corrected chi connectivity index (χ2v) is 9.60. The van der Waals surface area contributed by atoms with Gasteiger partial charge in [-0.3, -0.25) is 24.0 Å². The molecule has 0 bridgehead atoms. The number of rotatable bonds is 7. The van der Waals surface area contributed by atoms with Crippen LogP contribution in [-0.4, -0.2) is 64.0 Å². The summed E-state index contributed by atoms with van der Waals surface area (Å²) in [5.41, 5.74) is 2.87. The third kappa shape index (κ3) is 4.23. The SMILES string of the molecule is CN(Cc1ccsc1)C(=O)C1CCN(c2cccc3c2C(=O)N(CCn2cccn2)C3=O)CC1.